The van der Waals surface area contributed by atoms with E-state index in [1.807, 2.05) is 0 Å². The quantitative estimate of drug-likeness (QED) is 0.755. The van der Waals surface area contributed by atoms with Crippen molar-refractivity contribution in [3.8, 4) is 11.4 Å². The second-order valence-electron chi connectivity index (χ2n) is 5.61. The molecule has 1 aromatic carbocycles. The lowest BCUT2D eigenvalue weighted by atomic mass is 10.1. The normalized spacial score (nSPS) is 13.6. The van der Waals surface area contributed by atoms with Crippen molar-refractivity contribution in [2.24, 2.45) is 0 Å². The maximum atomic E-state index is 13.0. The van der Waals surface area contributed by atoms with E-state index in [1.165, 1.54) is 18.1 Å². The minimum Gasteiger partial charge on any atom is -0.496 e. The Labute approximate surface area is 147 Å². The van der Waals surface area contributed by atoms with E-state index in [-0.39, 0.29) is 5.91 Å². The van der Waals surface area contributed by atoms with Gasteiger partial charge in [0.2, 0.25) is 0 Å². The number of aromatic amines is 1. The van der Waals surface area contributed by atoms with Crippen LogP contribution >= 0.6 is 11.6 Å². The average Bonchev–Trinajstić information content (AvgIpc) is 3.31. The number of rotatable bonds is 3. The summed E-state index contributed by atoms with van der Waals surface area (Å²) in [5.41, 5.74) is 3.03. The molecule has 9 nitrogen and oxygen atoms in total. The predicted molar refractivity (Wildman–Crippen MR) is 87.7 cm³/mol. The Morgan fingerprint density at radius 3 is 3.04 bits per heavy atom. The van der Waals surface area contributed by atoms with Crippen molar-refractivity contribution < 1.29 is 9.53 Å². The molecule has 2 aromatic heterocycles. The summed E-state index contributed by atoms with van der Waals surface area (Å²) in [7, 11) is 1.51. The maximum Gasteiger partial charge on any atom is 0.257 e. The third kappa shape index (κ3) is 2.72. The van der Waals surface area contributed by atoms with Gasteiger partial charge in [0.15, 0.2) is 0 Å². The number of halogens is 1. The van der Waals surface area contributed by atoms with Crippen molar-refractivity contribution in [3.63, 3.8) is 0 Å². The van der Waals surface area contributed by atoms with Gasteiger partial charge in [0, 0.05) is 36.8 Å². The SMILES string of the molecule is COc1cc(-n2cnnn2)c(Cl)cc1C(=O)N1CCc2[nH]ncc2C1. The maximum absolute atomic E-state index is 13.0. The molecule has 0 unspecified atom stereocenters. The topological polar surface area (TPSA) is 102 Å². The molecule has 0 saturated carbocycles. The molecule has 0 saturated heterocycles. The number of ether oxygens (including phenoxy) is 1. The third-order valence-corrected chi connectivity index (χ3v) is 4.49. The van der Waals surface area contributed by atoms with E-state index in [0.717, 1.165) is 17.7 Å². The summed E-state index contributed by atoms with van der Waals surface area (Å²) in [6, 6.07) is 3.24. The number of H-pyrrole nitrogens is 1. The molecular formula is C15H14ClN7O2. The van der Waals surface area contributed by atoms with Gasteiger partial charge >= 0.3 is 0 Å². The molecular weight excluding hydrogens is 346 g/mol. The van der Waals surface area contributed by atoms with Crippen LogP contribution in [0.4, 0.5) is 0 Å². The van der Waals surface area contributed by atoms with Crippen LogP contribution in [0.15, 0.2) is 24.7 Å². The fourth-order valence-electron chi connectivity index (χ4n) is 2.89. The zero-order valence-corrected chi connectivity index (χ0v) is 14.1. The fraction of sp³-hybridized carbons (Fsp3) is 0.267. The number of carbonyl (C=O) groups excluding carboxylic acids is 1. The Hall–Kier alpha value is -2.94. The van der Waals surface area contributed by atoms with Crippen LogP contribution in [0.25, 0.3) is 5.69 Å². The van der Waals surface area contributed by atoms with Crippen molar-refractivity contribution in [1.29, 1.82) is 0 Å². The molecule has 1 amide bonds. The van der Waals surface area contributed by atoms with Crippen LogP contribution in [-0.4, -0.2) is 54.9 Å². The first kappa shape index (κ1) is 15.6. The van der Waals surface area contributed by atoms with Gasteiger partial charge in [0.25, 0.3) is 5.91 Å². The van der Waals surface area contributed by atoms with E-state index in [9.17, 15) is 4.79 Å². The monoisotopic (exact) mass is 359 g/mol. The van der Waals surface area contributed by atoms with Crippen LogP contribution in [0.2, 0.25) is 5.02 Å². The molecule has 128 valence electrons. The van der Waals surface area contributed by atoms with E-state index in [0.29, 0.717) is 35.1 Å². The second kappa shape index (κ2) is 6.17. The molecule has 0 spiro atoms. The molecule has 0 bridgehead atoms. The van der Waals surface area contributed by atoms with Crippen molar-refractivity contribution in [3.05, 3.63) is 46.5 Å². The molecule has 0 radical (unpaired) electrons. The molecule has 3 aromatic rings. The molecule has 25 heavy (non-hydrogen) atoms. The lowest BCUT2D eigenvalue weighted by Gasteiger charge is -2.27. The zero-order chi connectivity index (χ0) is 17.4. The summed E-state index contributed by atoms with van der Waals surface area (Å²) in [6.45, 7) is 1.10. The number of hydrogen-bond donors (Lipinski definition) is 1. The lowest BCUT2D eigenvalue weighted by Crippen LogP contribution is -2.36. The Kier molecular flexibility index (Phi) is 3.85. The summed E-state index contributed by atoms with van der Waals surface area (Å²) in [5.74, 6) is 0.270. The Morgan fingerprint density at radius 1 is 1.40 bits per heavy atom. The first-order valence-corrected chi connectivity index (χ1v) is 7.96. The smallest absolute Gasteiger partial charge is 0.257 e. The van der Waals surface area contributed by atoms with E-state index < -0.39 is 0 Å². The van der Waals surface area contributed by atoms with Crippen molar-refractivity contribution in [2.45, 2.75) is 13.0 Å². The fourth-order valence-corrected chi connectivity index (χ4v) is 3.14. The Balaban J connectivity index is 1.68. The predicted octanol–water partition coefficient (Wildman–Crippen LogP) is 1.25. The number of amides is 1. The van der Waals surface area contributed by atoms with Crippen LogP contribution in [-0.2, 0) is 13.0 Å². The number of fused-ring (bicyclic) bond motifs is 1. The number of methoxy groups -OCH3 is 1. The molecule has 1 N–H and O–H groups in total. The summed E-state index contributed by atoms with van der Waals surface area (Å²) >= 11 is 6.34. The van der Waals surface area contributed by atoms with Crippen molar-refractivity contribution >= 4 is 17.5 Å². The summed E-state index contributed by atoms with van der Waals surface area (Å²) in [4.78, 5) is 14.7. The number of benzene rings is 1. The standard InChI is InChI=1S/C15H14ClN7O2/c1-25-14-5-13(23-8-18-20-21-23)11(16)4-10(14)15(24)22-3-2-12-9(7-22)6-17-19-12/h4-6,8H,2-3,7H2,1H3,(H,17,19). The Morgan fingerprint density at radius 2 is 2.28 bits per heavy atom. The molecule has 1 aliphatic rings. The third-order valence-electron chi connectivity index (χ3n) is 4.18. The second-order valence-corrected chi connectivity index (χ2v) is 6.02. The Bertz CT molecular complexity index is 922. The number of nitrogens with one attached hydrogen (secondary N) is 1. The van der Waals surface area contributed by atoms with Gasteiger partial charge in [-0.3, -0.25) is 9.89 Å². The molecule has 3 heterocycles. The minimum atomic E-state index is -0.145. The number of aromatic nitrogens is 6. The van der Waals surface area contributed by atoms with Gasteiger partial charge < -0.3 is 9.64 Å². The molecule has 0 aliphatic carbocycles. The largest absolute Gasteiger partial charge is 0.496 e. The van der Waals surface area contributed by atoms with Gasteiger partial charge in [-0.1, -0.05) is 11.6 Å². The highest BCUT2D eigenvalue weighted by Crippen LogP contribution is 2.31. The van der Waals surface area contributed by atoms with Gasteiger partial charge in [-0.05, 0) is 16.5 Å². The number of tetrazole rings is 1. The molecule has 0 atom stereocenters. The summed E-state index contributed by atoms with van der Waals surface area (Å²) < 4.78 is 6.81. The highest BCUT2D eigenvalue weighted by atomic mass is 35.5. The van der Waals surface area contributed by atoms with Crippen molar-refractivity contribution in [1.82, 2.24) is 35.3 Å². The minimum absolute atomic E-state index is 0.145. The van der Waals surface area contributed by atoms with Crippen molar-refractivity contribution in [2.75, 3.05) is 13.7 Å². The number of carbonyl (C=O) groups is 1. The first-order valence-electron chi connectivity index (χ1n) is 7.58. The molecule has 1 aliphatic heterocycles. The summed E-state index contributed by atoms with van der Waals surface area (Å²) in [6.07, 6.45) is 3.91. The first-order chi connectivity index (χ1) is 12.2. The zero-order valence-electron chi connectivity index (χ0n) is 13.3. The van der Waals surface area contributed by atoms with Gasteiger partial charge in [-0.15, -0.1) is 5.10 Å². The lowest BCUT2D eigenvalue weighted by molar-refractivity contribution is 0.0731. The van der Waals surface area contributed by atoms with E-state index in [4.69, 9.17) is 16.3 Å². The van der Waals surface area contributed by atoms with E-state index in [2.05, 4.69) is 25.7 Å². The van der Waals surface area contributed by atoms with Crippen LogP contribution < -0.4 is 4.74 Å². The highest BCUT2D eigenvalue weighted by molar-refractivity contribution is 6.33. The number of nitrogens with zero attached hydrogens (tertiary/aromatic N) is 6. The van der Waals surface area contributed by atoms with Gasteiger partial charge in [-0.25, -0.2) is 0 Å². The van der Waals surface area contributed by atoms with Crippen LogP contribution in [0.5, 0.6) is 5.75 Å². The van der Waals surface area contributed by atoms with Gasteiger partial charge in [0.1, 0.15) is 12.1 Å². The molecule has 0 fully saturated rings. The number of hydrogen-bond acceptors (Lipinski definition) is 6. The van der Waals surface area contributed by atoms with E-state index >= 15 is 0 Å². The molecule has 4 rings (SSSR count). The van der Waals surface area contributed by atoms with Crippen LogP contribution in [0.3, 0.4) is 0 Å². The van der Waals surface area contributed by atoms with E-state index in [1.54, 1.807) is 23.2 Å². The highest BCUT2D eigenvalue weighted by Gasteiger charge is 2.26. The molecule has 10 heteroatoms. The van der Waals surface area contributed by atoms with Gasteiger partial charge in [-0.2, -0.15) is 9.78 Å². The van der Waals surface area contributed by atoms with Crippen LogP contribution in [0, 0.1) is 0 Å². The average molecular weight is 360 g/mol. The van der Waals surface area contributed by atoms with Crippen LogP contribution in [0.1, 0.15) is 21.6 Å². The van der Waals surface area contributed by atoms with Gasteiger partial charge in [0.05, 0.1) is 29.6 Å². The summed E-state index contributed by atoms with van der Waals surface area (Å²) in [5, 5.41) is 18.3.